The summed E-state index contributed by atoms with van der Waals surface area (Å²) in [6, 6.07) is -0.762. The van der Waals surface area contributed by atoms with Gasteiger partial charge in [-0.1, -0.05) is 20.8 Å². The Morgan fingerprint density at radius 2 is 2.08 bits per heavy atom. The van der Waals surface area contributed by atoms with Gasteiger partial charge in [-0.25, -0.2) is 0 Å². The van der Waals surface area contributed by atoms with Crippen LogP contribution in [0.4, 0.5) is 0 Å². The summed E-state index contributed by atoms with van der Waals surface area (Å²) in [7, 11) is 0. The number of thiocarbonyl (C=S) groups is 1. The second kappa shape index (κ2) is 9.56. The van der Waals surface area contributed by atoms with Crippen molar-refractivity contribution >= 4 is 35.1 Å². The molecule has 0 aromatic rings. The minimum absolute atomic E-state index is 0.101. The third-order valence-corrected chi connectivity index (χ3v) is 4.04. The van der Waals surface area contributed by atoms with Gasteiger partial charge in [-0.05, 0) is 31.5 Å². The molecular formula is C16H27N3O4S. The molecule has 0 aromatic carbocycles. The number of carbonyl (C=O) groups is 3. The van der Waals surface area contributed by atoms with E-state index < -0.39 is 12.0 Å². The predicted molar refractivity (Wildman–Crippen MR) is 94.2 cm³/mol. The van der Waals surface area contributed by atoms with E-state index in [-0.39, 0.29) is 35.4 Å². The quantitative estimate of drug-likeness (QED) is 0.544. The zero-order chi connectivity index (χ0) is 18.3. The molecule has 1 saturated heterocycles. The number of hydrogen-bond acceptors (Lipinski definition) is 5. The molecule has 1 heterocycles. The molecule has 0 aromatic heterocycles. The Morgan fingerprint density at radius 1 is 1.42 bits per heavy atom. The van der Waals surface area contributed by atoms with Gasteiger partial charge >= 0.3 is 5.97 Å². The van der Waals surface area contributed by atoms with Crippen LogP contribution in [-0.4, -0.2) is 53.0 Å². The van der Waals surface area contributed by atoms with Gasteiger partial charge in [-0.2, -0.15) is 0 Å². The fraction of sp³-hybridized carbons (Fsp3) is 0.750. The molecule has 1 aliphatic rings. The second-order valence-electron chi connectivity index (χ2n) is 6.36. The molecule has 7 nitrogen and oxygen atoms in total. The van der Waals surface area contributed by atoms with Crippen LogP contribution < -0.4 is 10.6 Å². The maximum absolute atomic E-state index is 12.1. The first-order chi connectivity index (χ1) is 11.2. The van der Waals surface area contributed by atoms with Crippen molar-refractivity contribution in [3.63, 3.8) is 0 Å². The molecule has 8 heteroatoms. The Hall–Kier alpha value is -1.70. The average Bonchev–Trinajstić information content (AvgIpc) is 2.47. The molecule has 2 amide bonds. The number of rotatable bonds is 6. The summed E-state index contributed by atoms with van der Waals surface area (Å²) >= 11 is 5.26. The van der Waals surface area contributed by atoms with Crippen LogP contribution in [0.5, 0.6) is 0 Å². The number of carbonyl (C=O) groups excluding carboxylic acids is 3. The highest BCUT2D eigenvalue weighted by Gasteiger charge is 2.34. The van der Waals surface area contributed by atoms with Gasteiger partial charge in [0.2, 0.25) is 11.8 Å². The normalized spacial score (nSPS) is 18.8. The molecule has 1 aliphatic heterocycles. The van der Waals surface area contributed by atoms with Crippen LogP contribution in [0.25, 0.3) is 0 Å². The molecule has 2 atom stereocenters. The first-order valence-electron chi connectivity index (χ1n) is 8.32. The summed E-state index contributed by atoms with van der Waals surface area (Å²) in [5.41, 5.74) is 0. The van der Waals surface area contributed by atoms with Crippen molar-refractivity contribution in [2.75, 3.05) is 13.1 Å². The Kier molecular flexibility index (Phi) is 8.10. The maximum atomic E-state index is 12.1. The van der Waals surface area contributed by atoms with E-state index in [4.69, 9.17) is 17.0 Å². The van der Waals surface area contributed by atoms with Crippen molar-refractivity contribution in [2.24, 2.45) is 5.92 Å². The van der Waals surface area contributed by atoms with E-state index in [1.165, 1.54) is 0 Å². The minimum atomic E-state index is -0.762. The number of piperazine rings is 1. The van der Waals surface area contributed by atoms with Gasteiger partial charge in [0.05, 0.1) is 12.5 Å². The molecular weight excluding hydrogens is 330 g/mol. The van der Waals surface area contributed by atoms with Crippen molar-refractivity contribution < 1.29 is 19.1 Å². The molecule has 1 rings (SSSR count). The van der Waals surface area contributed by atoms with Crippen LogP contribution in [0.15, 0.2) is 0 Å². The highest BCUT2D eigenvalue weighted by molar-refractivity contribution is 7.80. The first-order valence-corrected chi connectivity index (χ1v) is 8.73. The number of esters is 1. The van der Waals surface area contributed by atoms with E-state index in [2.05, 4.69) is 10.6 Å². The molecule has 2 N–H and O–H groups in total. The predicted octanol–water partition coefficient (Wildman–Crippen LogP) is 0.966. The molecule has 0 saturated carbocycles. The number of ether oxygens (including phenoxy) is 1. The molecule has 136 valence electrons. The van der Waals surface area contributed by atoms with E-state index in [0.717, 1.165) is 0 Å². The van der Waals surface area contributed by atoms with E-state index in [1.54, 1.807) is 11.8 Å². The van der Waals surface area contributed by atoms with Crippen LogP contribution in [0.1, 0.15) is 47.0 Å². The summed E-state index contributed by atoms with van der Waals surface area (Å²) < 4.78 is 5.24. The summed E-state index contributed by atoms with van der Waals surface area (Å²) in [5, 5.41) is 5.54. The van der Waals surface area contributed by atoms with E-state index >= 15 is 0 Å². The Balaban J connectivity index is 2.71. The monoisotopic (exact) mass is 357 g/mol. The van der Waals surface area contributed by atoms with Gasteiger partial charge in [-0.15, -0.1) is 0 Å². The second-order valence-corrected chi connectivity index (χ2v) is 6.75. The summed E-state index contributed by atoms with van der Waals surface area (Å²) in [6.45, 7) is 8.43. The topological polar surface area (TPSA) is 87.7 Å². The standard InChI is InChI=1S/C16H27N3O4S/c1-5-11(4)23-14(21)9-12-15(22)17-6-7-19(12)16(24)18-13(20)8-10(2)3/h10-12H,5-9H2,1-4H3,(H,17,22)(H,18,20,24). The third kappa shape index (κ3) is 6.43. The van der Waals surface area contributed by atoms with Crippen molar-refractivity contribution in [2.45, 2.75) is 59.1 Å². The Bertz CT molecular complexity index is 496. The maximum Gasteiger partial charge on any atom is 0.308 e. The van der Waals surface area contributed by atoms with Crippen LogP contribution in [0.2, 0.25) is 0 Å². The lowest BCUT2D eigenvalue weighted by molar-refractivity contribution is -0.151. The van der Waals surface area contributed by atoms with Gasteiger partial charge in [0.1, 0.15) is 6.04 Å². The van der Waals surface area contributed by atoms with Crippen molar-refractivity contribution in [3.05, 3.63) is 0 Å². The van der Waals surface area contributed by atoms with Gasteiger partial charge in [0.25, 0.3) is 0 Å². The molecule has 2 unspecified atom stereocenters. The molecule has 0 bridgehead atoms. The zero-order valence-corrected chi connectivity index (χ0v) is 15.6. The van der Waals surface area contributed by atoms with Crippen molar-refractivity contribution in [1.29, 1.82) is 0 Å². The average molecular weight is 357 g/mol. The van der Waals surface area contributed by atoms with Gasteiger partial charge in [0.15, 0.2) is 5.11 Å². The van der Waals surface area contributed by atoms with E-state index in [0.29, 0.717) is 25.9 Å². The molecule has 1 fully saturated rings. The fourth-order valence-corrected chi connectivity index (χ4v) is 2.62. The number of amides is 2. The highest BCUT2D eigenvalue weighted by Crippen LogP contribution is 2.12. The number of hydrogen-bond donors (Lipinski definition) is 2. The smallest absolute Gasteiger partial charge is 0.308 e. The van der Waals surface area contributed by atoms with Crippen LogP contribution in [0.3, 0.4) is 0 Å². The number of nitrogens with one attached hydrogen (secondary N) is 2. The van der Waals surface area contributed by atoms with Crippen LogP contribution >= 0.6 is 12.2 Å². The van der Waals surface area contributed by atoms with Gasteiger partial charge in [0, 0.05) is 19.5 Å². The van der Waals surface area contributed by atoms with Crippen LogP contribution in [-0.2, 0) is 19.1 Å². The zero-order valence-electron chi connectivity index (χ0n) is 14.8. The third-order valence-electron chi connectivity index (χ3n) is 3.70. The minimum Gasteiger partial charge on any atom is -0.463 e. The summed E-state index contributed by atoms with van der Waals surface area (Å²) in [5.74, 6) is -0.726. The summed E-state index contributed by atoms with van der Waals surface area (Å²) in [4.78, 5) is 37.6. The lowest BCUT2D eigenvalue weighted by atomic mass is 10.1. The molecule has 24 heavy (non-hydrogen) atoms. The van der Waals surface area contributed by atoms with Crippen molar-refractivity contribution in [3.8, 4) is 0 Å². The first kappa shape index (κ1) is 20.3. The molecule has 0 spiro atoms. The lowest BCUT2D eigenvalue weighted by Crippen LogP contribution is -2.60. The van der Waals surface area contributed by atoms with Gasteiger partial charge in [-0.3, -0.25) is 14.4 Å². The van der Waals surface area contributed by atoms with E-state index in [1.807, 2.05) is 20.8 Å². The molecule has 0 aliphatic carbocycles. The summed E-state index contributed by atoms with van der Waals surface area (Å²) in [6.07, 6.45) is 0.753. The van der Waals surface area contributed by atoms with E-state index in [9.17, 15) is 14.4 Å². The lowest BCUT2D eigenvalue weighted by Gasteiger charge is -2.36. The largest absolute Gasteiger partial charge is 0.463 e. The van der Waals surface area contributed by atoms with Crippen LogP contribution in [0, 0.1) is 5.92 Å². The molecule has 0 radical (unpaired) electrons. The highest BCUT2D eigenvalue weighted by atomic mass is 32.1. The Morgan fingerprint density at radius 3 is 2.67 bits per heavy atom. The Labute approximate surface area is 148 Å². The number of nitrogens with zero attached hydrogens (tertiary/aromatic N) is 1. The fourth-order valence-electron chi connectivity index (χ4n) is 2.29. The van der Waals surface area contributed by atoms with Crippen molar-refractivity contribution in [1.82, 2.24) is 15.5 Å². The SMILES string of the molecule is CCC(C)OC(=O)CC1C(=O)NCCN1C(=S)NC(=O)CC(C)C. The van der Waals surface area contributed by atoms with Gasteiger partial charge < -0.3 is 20.3 Å².